The second-order valence-electron chi connectivity index (χ2n) is 5.67. The van der Waals surface area contributed by atoms with Gasteiger partial charge in [-0.15, -0.1) is 0 Å². The Morgan fingerprint density at radius 2 is 1.82 bits per heavy atom. The molecule has 4 nitrogen and oxygen atoms in total. The Bertz CT molecular complexity index is 836. The van der Waals surface area contributed by atoms with Crippen molar-refractivity contribution in [2.24, 2.45) is 0 Å². The molecule has 3 aromatic rings. The van der Waals surface area contributed by atoms with Gasteiger partial charge in [-0.25, -0.2) is 4.98 Å². The first-order valence-electron chi connectivity index (χ1n) is 7.71. The number of anilines is 2. The Hall–Kier alpha value is -2.62. The number of benzene rings is 2. The first-order chi connectivity index (χ1) is 10.8. The van der Waals surface area contributed by atoms with Gasteiger partial charge in [0.15, 0.2) is 0 Å². The number of rotatable bonds is 1. The molecule has 0 fully saturated rings. The number of fused-ring (bicyclic) bond motifs is 2. The number of nitrogen functional groups attached to an aromatic ring is 1. The fourth-order valence-electron chi connectivity index (χ4n) is 3.17. The molecule has 1 aromatic heterocycles. The molecule has 0 radical (unpaired) electrons. The fourth-order valence-corrected chi connectivity index (χ4v) is 3.17. The van der Waals surface area contributed by atoms with Gasteiger partial charge < -0.3 is 11.1 Å². The molecule has 0 saturated carbocycles. The maximum atomic E-state index is 5.95. The van der Waals surface area contributed by atoms with Crippen molar-refractivity contribution < 1.29 is 0 Å². The fraction of sp³-hybridized carbons (Fsp3) is 0.222. The lowest BCUT2D eigenvalue weighted by Crippen LogP contribution is -2.07. The van der Waals surface area contributed by atoms with Crippen LogP contribution in [-0.2, 0) is 6.42 Å². The molecule has 3 N–H and O–H groups in total. The van der Waals surface area contributed by atoms with Gasteiger partial charge in [0.1, 0.15) is 5.82 Å². The van der Waals surface area contributed by atoms with E-state index in [1.54, 1.807) is 0 Å². The van der Waals surface area contributed by atoms with Crippen LogP contribution in [0.4, 0.5) is 11.8 Å². The summed E-state index contributed by atoms with van der Waals surface area (Å²) in [4.78, 5) is 8.97. The number of nitrogens with two attached hydrogens (primary N) is 1. The molecule has 0 saturated heterocycles. The van der Waals surface area contributed by atoms with Crippen molar-refractivity contribution in [2.75, 3.05) is 17.6 Å². The van der Waals surface area contributed by atoms with Gasteiger partial charge in [0, 0.05) is 17.7 Å². The van der Waals surface area contributed by atoms with E-state index in [9.17, 15) is 0 Å². The molecule has 4 rings (SSSR count). The van der Waals surface area contributed by atoms with Crippen LogP contribution >= 0.6 is 0 Å². The predicted octanol–water partition coefficient (Wildman–Crippen LogP) is 3.63. The Kier molecular flexibility index (Phi) is 3.15. The van der Waals surface area contributed by atoms with Crippen LogP contribution < -0.4 is 11.1 Å². The second-order valence-corrected chi connectivity index (χ2v) is 5.67. The maximum Gasteiger partial charge on any atom is 0.222 e. The monoisotopic (exact) mass is 290 g/mol. The van der Waals surface area contributed by atoms with Gasteiger partial charge in [0.25, 0.3) is 0 Å². The topological polar surface area (TPSA) is 63.8 Å². The molecule has 0 spiro atoms. The minimum Gasteiger partial charge on any atom is -0.370 e. The molecular weight excluding hydrogens is 272 g/mol. The number of hydrogen-bond donors (Lipinski definition) is 2. The van der Waals surface area contributed by atoms with Crippen LogP contribution in [0.5, 0.6) is 0 Å². The lowest BCUT2D eigenvalue weighted by atomic mass is 9.97. The minimum absolute atomic E-state index is 0.330. The van der Waals surface area contributed by atoms with Gasteiger partial charge in [0.2, 0.25) is 5.95 Å². The van der Waals surface area contributed by atoms with Crippen LogP contribution in [-0.4, -0.2) is 16.5 Å². The zero-order valence-corrected chi connectivity index (χ0v) is 12.3. The largest absolute Gasteiger partial charge is 0.370 e. The molecule has 4 heteroatoms. The molecule has 1 aliphatic heterocycles. The Morgan fingerprint density at radius 3 is 2.77 bits per heavy atom. The highest BCUT2D eigenvalue weighted by Gasteiger charge is 2.18. The Labute approximate surface area is 129 Å². The molecule has 0 unspecified atom stereocenters. The summed E-state index contributed by atoms with van der Waals surface area (Å²) in [6.45, 7) is 0.943. The predicted molar refractivity (Wildman–Crippen MR) is 90.8 cm³/mol. The first kappa shape index (κ1) is 13.1. The van der Waals surface area contributed by atoms with Crippen molar-refractivity contribution in [3.05, 3.63) is 48.0 Å². The van der Waals surface area contributed by atoms with E-state index in [1.807, 2.05) is 0 Å². The maximum absolute atomic E-state index is 5.95. The van der Waals surface area contributed by atoms with Gasteiger partial charge >= 0.3 is 0 Å². The Morgan fingerprint density at radius 1 is 0.955 bits per heavy atom. The van der Waals surface area contributed by atoms with E-state index in [2.05, 4.69) is 57.7 Å². The smallest absolute Gasteiger partial charge is 0.222 e. The molecule has 110 valence electrons. The van der Waals surface area contributed by atoms with Gasteiger partial charge in [-0.3, -0.25) is 0 Å². The van der Waals surface area contributed by atoms with Crippen LogP contribution in [0.1, 0.15) is 18.4 Å². The third kappa shape index (κ3) is 2.17. The quantitative estimate of drug-likeness (QED) is 0.718. The van der Waals surface area contributed by atoms with Crippen molar-refractivity contribution in [1.29, 1.82) is 0 Å². The normalized spacial score (nSPS) is 14.2. The van der Waals surface area contributed by atoms with E-state index < -0.39 is 0 Å². The summed E-state index contributed by atoms with van der Waals surface area (Å²) >= 11 is 0. The average Bonchev–Trinajstić information content (AvgIpc) is 2.79. The summed E-state index contributed by atoms with van der Waals surface area (Å²) < 4.78 is 0. The van der Waals surface area contributed by atoms with E-state index in [4.69, 9.17) is 5.73 Å². The van der Waals surface area contributed by atoms with E-state index >= 15 is 0 Å². The van der Waals surface area contributed by atoms with Crippen molar-refractivity contribution >= 4 is 22.5 Å². The summed E-state index contributed by atoms with van der Waals surface area (Å²) in [6.07, 6.45) is 3.28. The molecule has 0 atom stereocenters. The Balaban J connectivity index is 2.00. The highest BCUT2D eigenvalue weighted by Crippen LogP contribution is 2.34. The van der Waals surface area contributed by atoms with Crippen molar-refractivity contribution in [1.82, 2.24) is 9.97 Å². The van der Waals surface area contributed by atoms with Crippen LogP contribution in [0.2, 0.25) is 0 Å². The molecule has 2 heterocycles. The van der Waals surface area contributed by atoms with E-state index in [0.717, 1.165) is 42.9 Å². The lowest BCUT2D eigenvalue weighted by molar-refractivity contribution is 0.785. The summed E-state index contributed by atoms with van der Waals surface area (Å²) in [5, 5.41) is 5.81. The van der Waals surface area contributed by atoms with Crippen molar-refractivity contribution in [2.45, 2.75) is 19.3 Å². The number of nitrogens with zero attached hydrogens (tertiary/aromatic N) is 2. The number of nitrogens with one attached hydrogen (secondary N) is 1. The van der Waals surface area contributed by atoms with Crippen molar-refractivity contribution in [3.8, 4) is 11.3 Å². The van der Waals surface area contributed by atoms with Gasteiger partial charge in [0.05, 0.1) is 5.69 Å². The van der Waals surface area contributed by atoms with E-state index in [1.165, 1.54) is 16.3 Å². The minimum atomic E-state index is 0.330. The zero-order chi connectivity index (χ0) is 14.9. The molecule has 0 aliphatic carbocycles. The van der Waals surface area contributed by atoms with Gasteiger partial charge in [-0.1, -0.05) is 42.5 Å². The van der Waals surface area contributed by atoms with Gasteiger partial charge in [-0.2, -0.15) is 4.98 Å². The molecule has 0 amide bonds. The van der Waals surface area contributed by atoms with Crippen LogP contribution in [0.15, 0.2) is 42.5 Å². The zero-order valence-electron chi connectivity index (χ0n) is 12.3. The molecule has 22 heavy (non-hydrogen) atoms. The molecule has 2 aromatic carbocycles. The van der Waals surface area contributed by atoms with Crippen molar-refractivity contribution in [3.63, 3.8) is 0 Å². The molecular formula is C18H18N4. The third-order valence-corrected chi connectivity index (χ3v) is 4.22. The highest BCUT2D eigenvalue weighted by atomic mass is 15.1. The SMILES string of the molecule is Nc1nc2c(c(-c3cccc4ccccc34)n1)CCCCN2. The number of aromatic nitrogens is 2. The third-order valence-electron chi connectivity index (χ3n) is 4.22. The summed E-state index contributed by atoms with van der Waals surface area (Å²) in [7, 11) is 0. The van der Waals surface area contributed by atoms with Crippen LogP contribution in [0.25, 0.3) is 22.0 Å². The standard InChI is InChI=1S/C18H18N4/c19-18-21-16(15-9-3-4-11-20-17(15)22-18)14-10-5-7-12-6-1-2-8-13(12)14/h1-2,5-8,10H,3-4,9,11H2,(H3,19,20,21,22). The highest BCUT2D eigenvalue weighted by molar-refractivity contribution is 5.97. The van der Waals surface area contributed by atoms with E-state index in [0.29, 0.717) is 5.95 Å². The summed E-state index contributed by atoms with van der Waals surface area (Å²) in [6, 6.07) is 14.7. The molecule has 0 bridgehead atoms. The van der Waals surface area contributed by atoms with E-state index in [-0.39, 0.29) is 0 Å². The lowest BCUT2D eigenvalue weighted by Gasteiger charge is -2.14. The average molecular weight is 290 g/mol. The van der Waals surface area contributed by atoms with Gasteiger partial charge in [-0.05, 0) is 30.0 Å². The summed E-state index contributed by atoms with van der Waals surface area (Å²) in [5.41, 5.74) is 9.23. The van der Waals surface area contributed by atoms with Crippen LogP contribution in [0.3, 0.4) is 0 Å². The second kappa shape index (κ2) is 5.30. The van der Waals surface area contributed by atoms with Crippen LogP contribution in [0, 0.1) is 0 Å². The summed E-state index contributed by atoms with van der Waals surface area (Å²) in [5.74, 6) is 1.23. The molecule has 1 aliphatic rings. The number of hydrogen-bond acceptors (Lipinski definition) is 4. The first-order valence-corrected chi connectivity index (χ1v) is 7.71.